The molecule has 0 bridgehead atoms. The normalized spacial score (nSPS) is 20.4. The fraction of sp³-hybridized carbons (Fsp3) is 0.412. The minimum atomic E-state index is -1.34. The summed E-state index contributed by atoms with van der Waals surface area (Å²) in [6.07, 6.45) is 2.97. The minimum absolute atomic E-state index is 0.0298. The Bertz CT molecular complexity index is 954. The van der Waals surface area contributed by atoms with Crippen molar-refractivity contribution >= 4 is 34.2 Å². The topological polar surface area (TPSA) is 82.8 Å². The van der Waals surface area contributed by atoms with Gasteiger partial charge in [-0.25, -0.2) is 9.18 Å². The molecule has 2 heterocycles. The fourth-order valence-corrected chi connectivity index (χ4v) is 3.87. The molecule has 1 unspecified atom stereocenters. The molecular formula is C17H16ClFN2O4. The number of aromatic nitrogens is 1. The highest BCUT2D eigenvalue weighted by Gasteiger charge is 2.31. The summed E-state index contributed by atoms with van der Waals surface area (Å²) >= 11 is 6.49. The summed E-state index contributed by atoms with van der Waals surface area (Å²) in [5.41, 5.74) is -0.619. The lowest BCUT2D eigenvalue weighted by Gasteiger charge is -2.22. The van der Waals surface area contributed by atoms with Crippen LogP contribution in [-0.4, -0.2) is 39.9 Å². The van der Waals surface area contributed by atoms with Crippen molar-refractivity contribution in [1.29, 1.82) is 0 Å². The number of aromatic carboxylic acids is 1. The van der Waals surface area contributed by atoms with Gasteiger partial charge in [-0.3, -0.25) is 4.79 Å². The van der Waals surface area contributed by atoms with Gasteiger partial charge in [0.05, 0.1) is 27.7 Å². The van der Waals surface area contributed by atoms with Crippen LogP contribution in [-0.2, 0) is 0 Å². The first-order valence-electron chi connectivity index (χ1n) is 8.11. The van der Waals surface area contributed by atoms with E-state index in [9.17, 15) is 24.2 Å². The van der Waals surface area contributed by atoms with Gasteiger partial charge in [-0.05, 0) is 25.3 Å². The maximum absolute atomic E-state index is 14.7. The Balaban J connectivity index is 2.03. The number of halogens is 2. The van der Waals surface area contributed by atoms with Gasteiger partial charge < -0.3 is 19.7 Å². The molecule has 1 saturated heterocycles. The largest absolute Gasteiger partial charge is 0.477 e. The van der Waals surface area contributed by atoms with Gasteiger partial charge in [0.1, 0.15) is 11.4 Å². The molecule has 1 aliphatic heterocycles. The second-order valence-electron chi connectivity index (χ2n) is 6.62. The Kier molecular flexibility index (Phi) is 3.73. The zero-order valence-electron chi connectivity index (χ0n) is 13.2. The van der Waals surface area contributed by atoms with Crippen molar-refractivity contribution in [2.24, 2.45) is 0 Å². The number of β-amino-alcohol motifs (C(OH)–C–C–N with tert-alkyl or cyclic N) is 1. The fourth-order valence-electron chi connectivity index (χ4n) is 3.46. The van der Waals surface area contributed by atoms with Crippen LogP contribution < -0.4 is 10.3 Å². The molecule has 1 aliphatic carbocycles. The molecule has 1 aromatic heterocycles. The predicted octanol–water partition coefficient (Wildman–Crippen LogP) is 2.40. The number of carboxylic acid groups (broad SMARTS) is 1. The highest BCUT2D eigenvalue weighted by molar-refractivity contribution is 6.38. The summed E-state index contributed by atoms with van der Waals surface area (Å²) < 4.78 is 16.4. The molecule has 4 rings (SSSR count). The van der Waals surface area contributed by atoms with Crippen molar-refractivity contribution < 1.29 is 19.4 Å². The third-order valence-corrected chi connectivity index (χ3v) is 5.19. The van der Waals surface area contributed by atoms with Gasteiger partial charge in [0.2, 0.25) is 5.43 Å². The number of rotatable bonds is 3. The predicted molar refractivity (Wildman–Crippen MR) is 91.2 cm³/mol. The van der Waals surface area contributed by atoms with E-state index in [1.807, 2.05) is 0 Å². The molecule has 132 valence electrons. The number of carboxylic acids is 1. The summed E-state index contributed by atoms with van der Waals surface area (Å²) in [6.45, 7) is 0.729. The number of carbonyl (C=O) groups is 1. The van der Waals surface area contributed by atoms with Gasteiger partial charge in [0, 0.05) is 25.3 Å². The van der Waals surface area contributed by atoms with Crippen molar-refractivity contribution in [2.75, 3.05) is 18.0 Å². The molecule has 0 radical (unpaired) electrons. The summed E-state index contributed by atoms with van der Waals surface area (Å²) in [7, 11) is 0. The minimum Gasteiger partial charge on any atom is -0.477 e. The monoisotopic (exact) mass is 366 g/mol. The Hall–Kier alpha value is -2.12. The molecule has 8 heteroatoms. The molecule has 2 fully saturated rings. The number of nitrogens with zero attached hydrogens (tertiary/aromatic N) is 2. The number of hydrogen-bond acceptors (Lipinski definition) is 4. The Labute approximate surface area is 147 Å². The lowest BCUT2D eigenvalue weighted by Crippen LogP contribution is -2.24. The lowest BCUT2D eigenvalue weighted by molar-refractivity contribution is 0.0695. The van der Waals surface area contributed by atoms with E-state index >= 15 is 0 Å². The van der Waals surface area contributed by atoms with Crippen LogP contribution in [0.5, 0.6) is 0 Å². The highest BCUT2D eigenvalue weighted by Crippen LogP contribution is 2.42. The molecule has 1 saturated carbocycles. The molecule has 25 heavy (non-hydrogen) atoms. The average Bonchev–Trinajstić information content (AvgIpc) is 3.30. The molecule has 0 spiro atoms. The molecule has 2 aliphatic rings. The van der Waals surface area contributed by atoms with E-state index in [1.165, 1.54) is 6.20 Å². The molecule has 2 N–H and O–H groups in total. The van der Waals surface area contributed by atoms with Crippen LogP contribution in [0.2, 0.25) is 5.02 Å². The summed E-state index contributed by atoms with van der Waals surface area (Å²) in [5.74, 6) is -2.03. The number of hydrogen-bond donors (Lipinski definition) is 2. The van der Waals surface area contributed by atoms with Gasteiger partial charge in [-0.2, -0.15) is 0 Å². The number of aliphatic hydroxyl groups excluding tert-OH is 1. The maximum Gasteiger partial charge on any atom is 0.341 e. The van der Waals surface area contributed by atoms with Crippen molar-refractivity contribution in [3.63, 3.8) is 0 Å². The second-order valence-corrected chi connectivity index (χ2v) is 7.00. The number of fused-ring (bicyclic) bond motifs is 1. The van der Waals surface area contributed by atoms with Gasteiger partial charge in [-0.1, -0.05) is 11.6 Å². The number of aliphatic hydroxyl groups is 1. The third-order valence-electron chi connectivity index (χ3n) is 4.83. The number of benzene rings is 1. The highest BCUT2D eigenvalue weighted by atomic mass is 35.5. The van der Waals surface area contributed by atoms with Crippen LogP contribution in [0.1, 0.15) is 35.7 Å². The Morgan fingerprint density at radius 1 is 1.32 bits per heavy atom. The van der Waals surface area contributed by atoms with Crippen molar-refractivity contribution in [1.82, 2.24) is 4.57 Å². The molecule has 1 aromatic carbocycles. The van der Waals surface area contributed by atoms with E-state index < -0.39 is 23.3 Å². The van der Waals surface area contributed by atoms with E-state index in [1.54, 1.807) is 9.47 Å². The standard InChI is InChI=1S/C17H16ClFN2O4/c18-13-14-10(5-12(19)15(13)20-4-3-9(22)6-20)16(23)11(17(24)25)7-21(14)8-1-2-8/h5,7-9,22H,1-4,6H2,(H,24,25). The van der Waals surface area contributed by atoms with Gasteiger partial charge in [-0.15, -0.1) is 0 Å². The van der Waals surface area contributed by atoms with E-state index in [2.05, 4.69) is 0 Å². The molecule has 6 nitrogen and oxygen atoms in total. The van der Waals surface area contributed by atoms with E-state index in [0.29, 0.717) is 18.5 Å². The van der Waals surface area contributed by atoms with Crippen LogP contribution in [0.4, 0.5) is 10.1 Å². The number of pyridine rings is 1. The zero-order chi connectivity index (χ0) is 17.9. The van der Waals surface area contributed by atoms with Crippen LogP contribution in [0.3, 0.4) is 0 Å². The number of anilines is 1. The summed E-state index contributed by atoms with van der Waals surface area (Å²) in [6, 6.07) is 1.12. The molecule has 2 aromatic rings. The first kappa shape index (κ1) is 16.4. The molecular weight excluding hydrogens is 351 g/mol. The van der Waals surface area contributed by atoms with Crippen molar-refractivity contribution in [2.45, 2.75) is 31.4 Å². The van der Waals surface area contributed by atoms with Gasteiger partial charge in [0.15, 0.2) is 0 Å². The smallest absolute Gasteiger partial charge is 0.341 e. The maximum atomic E-state index is 14.7. The lowest BCUT2D eigenvalue weighted by atomic mass is 10.1. The van der Waals surface area contributed by atoms with Gasteiger partial charge >= 0.3 is 5.97 Å². The first-order chi connectivity index (χ1) is 11.9. The summed E-state index contributed by atoms with van der Waals surface area (Å²) in [5, 5.41) is 19.1. The van der Waals surface area contributed by atoms with Crippen molar-refractivity contribution in [3.8, 4) is 0 Å². The van der Waals surface area contributed by atoms with Gasteiger partial charge in [0.25, 0.3) is 0 Å². The Morgan fingerprint density at radius 3 is 2.60 bits per heavy atom. The van der Waals surface area contributed by atoms with Crippen LogP contribution in [0.15, 0.2) is 17.1 Å². The molecule has 1 atom stereocenters. The average molecular weight is 367 g/mol. The van der Waals surface area contributed by atoms with E-state index in [4.69, 9.17) is 11.6 Å². The summed E-state index contributed by atoms with van der Waals surface area (Å²) in [4.78, 5) is 25.5. The quantitative estimate of drug-likeness (QED) is 0.871. The van der Waals surface area contributed by atoms with Crippen LogP contribution in [0.25, 0.3) is 10.9 Å². The van der Waals surface area contributed by atoms with Crippen molar-refractivity contribution in [3.05, 3.63) is 38.9 Å². The Morgan fingerprint density at radius 2 is 2.04 bits per heavy atom. The molecule has 0 amide bonds. The third kappa shape index (κ3) is 2.58. The SMILES string of the molecule is O=C(O)c1cn(C2CC2)c2c(Cl)c(N3CCC(O)C3)c(F)cc2c1=O. The zero-order valence-corrected chi connectivity index (χ0v) is 14.0. The first-order valence-corrected chi connectivity index (χ1v) is 8.49. The van der Waals surface area contributed by atoms with E-state index in [-0.39, 0.29) is 34.2 Å². The van der Waals surface area contributed by atoms with E-state index in [0.717, 1.165) is 18.9 Å². The van der Waals surface area contributed by atoms with Crippen LogP contribution in [0, 0.1) is 5.82 Å². The second kappa shape index (κ2) is 5.71. The van der Waals surface area contributed by atoms with Crippen LogP contribution >= 0.6 is 11.6 Å².